The number of phosphoric ester groups is 1. The van der Waals surface area contributed by atoms with Crippen LogP contribution in [0.4, 0.5) is 14.6 Å². The molecule has 1 aliphatic heterocycles. The molecule has 0 aliphatic carbocycles. The van der Waals surface area contributed by atoms with Gasteiger partial charge in [-0.1, -0.05) is 0 Å². The van der Waals surface area contributed by atoms with Crippen LogP contribution in [0.25, 0.3) is 0 Å². The molecule has 0 radical (unpaired) electrons. The molecule has 0 unspecified atom stereocenters. The van der Waals surface area contributed by atoms with E-state index in [1.54, 1.807) is 41.5 Å². The van der Waals surface area contributed by atoms with Gasteiger partial charge in [0.15, 0.2) is 6.17 Å². The van der Waals surface area contributed by atoms with E-state index in [4.69, 9.17) is 33.5 Å². The Morgan fingerprint density at radius 1 is 1.14 bits per heavy atom. The summed E-state index contributed by atoms with van der Waals surface area (Å²) in [6, 6.07) is 1.24. The molecule has 0 amide bonds. The van der Waals surface area contributed by atoms with E-state index in [2.05, 4.69) is 4.98 Å². The topological polar surface area (TPSA) is 168 Å². The summed E-state index contributed by atoms with van der Waals surface area (Å²) in [5, 5.41) is 0. The van der Waals surface area contributed by atoms with E-state index >= 15 is 4.39 Å². The van der Waals surface area contributed by atoms with E-state index in [0.717, 1.165) is 10.8 Å². The van der Waals surface area contributed by atoms with Crippen LogP contribution < -0.4 is 11.4 Å². The van der Waals surface area contributed by atoms with E-state index in [1.165, 1.54) is 6.07 Å². The fourth-order valence-electron chi connectivity index (χ4n) is 2.64. The van der Waals surface area contributed by atoms with Gasteiger partial charge in [-0.15, -0.1) is 0 Å². The first-order valence-electron chi connectivity index (χ1n) is 11.1. The quantitative estimate of drug-likeness (QED) is 0.255. The van der Waals surface area contributed by atoms with Crippen LogP contribution in [0.15, 0.2) is 17.1 Å². The molecular formula is C21H32F2N3O10P. The number of ether oxygens (including phenoxy) is 3. The molecule has 16 heteroatoms. The molecule has 1 aromatic heterocycles. The van der Waals surface area contributed by atoms with Crippen LogP contribution in [0.2, 0.25) is 0 Å². The Kier molecular flexibility index (Phi) is 9.58. The average molecular weight is 555 g/mol. The molecule has 0 saturated carbocycles. The predicted molar refractivity (Wildman–Crippen MR) is 123 cm³/mol. The van der Waals surface area contributed by atoms with Gasteiger partial charge in [-0.3, -0.25) is 18.7 Å². The molecule has 2 N–H and O–H groups in total. The van der Waals surface area contributed by atoms with Gasteiger partial charge in [0.2, 0.25) is 13.6 Å². The zero-order chi connectivity index (χ0) is 28.2. The summed E-state index contributed by atoms with van der Waals surface area (Å²) in [6.45, 7) is 6.13. The molecule has 1 saturated heterocycles. The van der Waals surface area contributed by atoms with Crippen LogP contribution in [0.3, 0.4) is 0 Å². The van der Waals surface area contributed by atoms with Crippen molar-refractivity contribution in [1.29, 1.82) is 0 Å². The van der Waals surface area contributed by atoms with Crippen molar-refractivity contribution in [3.8, 4) is 0 Å². The molecule has 2 rings (SSSR count). The lowest BCUT2D eigenvalue weighted by atomic mass is 9.98. The van der Waals surface area contributed by atoms with Crippen molar-refractivity contribution in [2.24, 2.45) is 10.8 Å². The highest BCUT2D eigenvalue weighted by atomic mass is 31.2. The van der Waals surface area contributed by atoms with Crippen LogP contribution in [0.5, 0.6) is 0 Å². The highest BCUT2D eigenvalue weighted by Crippen LogP contribution is 2.52. The standard InChI is InChI=1S/C21H32F2N3O10P/c1-19(2,3)16(27)31-11-34-37(30,35-12-32-17(28)20(4,5)6)33-10-21(23)13(22)9-15(36-21)26-8-7-14(24)25-18(26)29/h7-8,13,15H,9-12H2,1-6H3,(H2,24,25,29)/t13-,15+,21+/m0/s1. The maximum atomic E-state index is 15.3. The highest BCUT2D eigenvalue weighted by molar-refractivity contribution is 7.48. The largest absolute Gasteiger partial charge is 0.480 e. The lowest BCUT2D eigenvalue weighted by Gasteiger charge is -2.25. The molecule has 0 aromatic carbocycles. The number of hydrogen-bond donors (Lipinski definition) is 1. The van der Waals surface area contributed by atoms with Gasteiger partial charge in [-0.2, -0.15) is 4.98 Å². The smallest absolute Gasteiger partial charge is 0.437 e. The summed E-state index contributed by atoms with van der Waals surface area (Å²) in [6.07, 6.45) is -3.19. The number of phosphoric acid groups is 1. The van der Waals surface area contributed by atoms with Crippen molar-refractivity contribution >= 4 is 25.6 Å². The molecule has 1 aliphatic rings. The summed E-state index contributed by atoms with van der Waals surface area (Å²) < 4.78 is 73.3. The molecule has 0 bridgehead atoms. The Balaban J connectivity index is 2.10. The molecule has 1 fully saturated rings. The first-order valence-corrected chi connectivity index (χ1v) is 12.6. The first-order chi connectivity index (χ1) is 16.9. The normalized spacial score (nSPS) is 22.6. The number of esters is 2. The SMILES string of the molecule is CC(C)(C)C(=O)OCOP(=O)(OCOC(=O)C(C)(C)C)OC[C@@]1(F)O[C@@H](n2ccc(N)nc2=O)C[C@@H]1F. The first kappa shape index (κ1) is 30.8. The Bertz CT molecular complexity index is 1050. The molecule has 37 heavy (non-hydrogen) atoms. The van der Waals surface area contributed by atoms with E-state index in [9.17, 15) is 23.3 Å². The molecule has 13 nitrogen and oxygen atoms in total. The number of rotatable bonds is 10. The zero-order valence-corrected chi connectivity index (χ0v) is 22.3. The third-order valence-corrected chi connectivity index (χ3v) is 6.10. The Labute approximate surface area is 212 Å². The van der Waals surface area contributed by atoms with Crippen LogP contribution in [0.1, 0.15) is 54.2 Å². The van der Waals surface area contributed by atoms with Gasteiger partial charge >= 0.3 is 25.5 Å². The van der Waals surface area contributed by atoms with Crippen LogP contribution in [0, 0.1) is 10.8 Å². The summed E-state index contributed by atoms with van der Waals surface area (Å²) in [7, 11) is -4.80. The summed E-state index contributed by atoms with van der Waals surface area (Å²) in [5.74, 6) is -4.74. The third kappa shape index (κ3) is 8.54. The van der Waals surface area contributed by atoms with Crippen molar-refractivity contribution in [2.75, 3.05) is 25.9 Å². The number of anilines is 1. The maximum absolute atomic E-state index is 15.3. The maximum Gasteiger partial charge on any atom is 0.480 e. The van der Waals surface area contributed by atoms with Gasteiger partial charge < -0.3 is 19.9 Å². The van der Waals surface area contributed by atoms with E-state index in [-0.39, 0.29) is 5.82 Å². The molecule has 2 heterocycles. The van der Waals surface area contributed by atoms with Crippen molar-refractivity contribution in [3.05, 3.63) is 22.7 Å². The minimum Gasteiger partial charge on any atom is -0.437 e. The molecule has 1 aromatic rings. The van der Waals surface area contributed by atoms with Crippen LogP contribution >= 0.6 is 7.82 Å². The number of carbonyl (C=O) groups is 2. The second-order valence-corrected chi connectivity index (χ2v) is 11.9. The monoisotopic (exact) mass is 555 g/mol. The van der Waals surface area contributed by atoms with E-state index in [1.807, 2.05) is 0 Å². The number of alkyl halides is 2. The second-order valence-electron chi connectivity index (χ2n) is 10.2. The number of halogens is 2. The van der Waals surface area contributed by atoms with Gasteiger partial charge in [0, 0.05) is 12.6 Å². The van der Waals surface area contributed by atoms with Crippen molar-refractivity contribution in [2.45, 2.75) is 66.2 Å². The van der Waals surface area contributed by atoms with E-state index < -0.39 is 81.1 Å². The minimum absolute atomic E-state index is 0.0968. The summed E-state index contributed by atoms with van der Waals surface area (Å²) in [5.41, 5.74) is 2.66. The number of nitrogens with zero attached hydrogens (tertiary/aromatic N) is 2. The van der Waals surface area contributed by atoms with Crippen LogP contribution in [-0.2, 0) is 41.9 Å². The predicted octanol–water partition coefficient (Wildman–Crippen LogP) is 3.00. The van der Waals surface area contributed by atoms with Crippen molar-refractivity contribution < 1.29 is 50.7 Å². The fraction of sp³-hybridized carbons (Fsp3) is 0.714. The summed E-state index contributed by atoms with van der Waals surface area (Å²) in [4.78, 5) is 39.3. The number of hydrogen-bond acceptors (Lipinski definition) is 12. The van der Waals surface area contributed by atoms with Gasteiger partial charge in [0.25, 0.3) is 5.85 Å². The Morgan fingerprint density at radius 3 is 2.11 bits per heavy atom. The van der Waals surface area contributed by atoms with Gasteiger partial charge in [0.1, 0.15) is 18.7 Å². The number of carbonyl (C=O) groups excluding carboxylic acids is 2. The summed E-state index contributed by atoms with van der Waals surface area (Å²) >= 11 is 0. The number of nitrogen functional groups attached to an aromatic ring is 1. The number of aromatic nitrogens is 2. The Hall–Kier alpha value is -2.45. The molecule has 210 valence electrons. The number of nitrogens with two attached hydrogens (primary N) is 1. The lowest BCUT2D eigenvalue weighted by molar-refractivity contribution is -0.197. The third-order valence-electron chi connectivity index (χ3n) is 4.82. The molecule has 0 spiro atoms. The second kappa shape index (κ2) is 11.5. The van der Waals surface area contributed by atoms with Crippen molar-refractivity contribution in [1.82, 2.24) is 9.55 Å². The molecular weight excluding hydrogens is 523 g/mol. The van der Waals surface area contributed by atoms with E-state index in [0.29, 0.717) is 0 Å². The lowest BCUT2D eigenvalue weighted by Crippen LogP contribution is -2.37. The highest BCUT2D eigenvalue weighted by Gasteiger charge is 2.53. The molecule has 3 atom stereocenters. The van der Waals surface area contributed by atoms with Crippen molar-refractivity contribution in [3.63, 3.8) is 0 Å². The Morgan fingerprint density at radius 2 is 1.65 bits per heavy atom. The fourth-order valence-corrected chi connectivity index (χ4v) is 3.56. The zero-order valence-electron chi connectivity index (χ0n) is 21.4. The van der Waals surface area contributed by atoms with Gasteiger partial charge in [-0.25, -0.2) is 27.2 Å². The van der Waals surface area contributed by atoms with Gasteiger partial charge in [-0.05, 0) is 47.6 Å². The minimum atomic E-state index is -4.80. The average Bonchev–Trinajstić information content (AvgIpc) is 3.05. The van der Waals surface area contributed by atoms with Gasteiger partial charge in [0.05, 0.1) is 10.8 Å². The van der Waals surface area contributed by atoms with Crippen LogP contribution in [-0.4, -0.2) is 53.7 Å².